The summed E-state index contributed by atoms with van der Waals surface area (Å²) in [5.74, 6) is 2.25. The molecule has 1 aromatic heterocycles. The third kappa shape index (κ3) is 4.82. The minimum absolute atomic E-state index is 0.139. The quantitative estimate of drug-likeness (QED) is 0.455. The Morgan fingerprint density at radius 2 is 1.67 bits per heavy atom. The first kappa shape index (κ1) is 19.3. The largest absolute Gasteiger partial charge is 0.508 e. The molecule has 2 aromatic carbocycles. The maximum absolute atomic E-state index is 10.5. The molecule has 1 unspecified atom stereocenters. The van der Waals surface area contributed by atoms with Crippen LogP contribution < -0.4 is 0 Å². The van der Waals surface area contributed by atoms with Gasteiger partial charge in [-0.2, -0.15) is 0 Å². The van der Waals surface area contributed by atoms with Crippen LogP contribution in [0.15, 0.2) is 36.4 Å². The van der Waals surface area contributed by atoms with Gasteiger partial charge in [-0.15, -0.1) is 0 Å². The molecule has 144 valence electrons. The number of aromatic hydroxyl groups is 2. The van der Waals surface area contributed by atoms with Gasteiger partial charge in [0.2, 0.25) is 0 Å². The topological polar surface area (TPSA) is 69.1 Å². The summed E-state index contributed by atoms with van der Waals surface area (Å²) in [7, 11) is 0. The van der Waals surface area contributed by atoms with Gasteiger partial charge in [-0.25, -0.2) is 4.98 Å². The molecule has 0 aliphatic heterocycles. The highest BCUT2D eigenvalue weighted by Gasteiger charge is 2.14. The number of nitrogens with one attached hydrogen (secondary N) is 1. The normalized spacial score (nSPS) is 12.7. The number of rotatable bonds is 8. The SMILES string of the molecule is CC(C)CCCC(C)CCc1c(O)cc(-c2nc3ccccc3[nH]2)cc1O. The molecule has 0 fully saturated rings. The van der Waals surface area contributed by atoms with E-state index < -0.39 is 0 Å². The Labute approximate surface area is 161 Å². The molecule has 0 aliphatic rings. The van der Waals surface area contributed by atoms with Crippen molar-refractivity contribution in [1.82, 2.24) is 9.97 Å². The van der Waals surface area contributed by atoms with E-state index in [1.165, 1.54) is 19.3 Å². The summed E-state index contributed by atoms with van der Waals surface area (Å²) in [4.78, 5) is 7.77. The van der Waals surface area contributed by atoms with Crippen LogP contribution in [0.2, 0.25) is 0 Å². The van der Waals surface area contributed by atoms with Gasteiger partial charge in [0.1, 0.15) is 17.3 Å². The molecule has 3 aromatic rings. The lowest BCUT2D eigenvalue weighted by Crippen LogP contribution is -2.00. The van der Waals surface area contributed by atoms with E-state index in [9.17, 15) is 10.2 Å². The van der Waals surface area contributed by atoms with Crippen LogP contribution in [0.3, 0.4) is 0 Å². The standard InChI is InChI=1S/C23H30N2O2/c1-15(2)7-6-8-16(3)11-12-18-21(26)13-17(14-22(18)27)23-24-19-9-4-5-10-20(19)25-23/h4-5,9-10,13-16,26-27H,6-8,11-12H2,1-3H3,(H,24,25). The van der Waals surface area contributed by atoms with E-state index >= 15 is 0 Å². The van der Waals surface area contributed by atoms with E-state index in [4.69, 9.17) is 0 Å². The number of phenols is 2. The van der Waals surface area contributed by atoms with Gasteiger partial charge in [0.15, 0.2) is 0 Å². The number of H-pyrrole nitrogens is 1. The first-order chi connectivity index (χ1) is 12.9. The van der Waals surface area contributed by atoms with Crippen LogP contribution in [-0.4, -0.2) is 20.2 Å². The maximum Gasteiger partial charge on any atom is 0.138 e. The molecular weight excluding hydrogens is 336 g/mol. The van der Waals surface area contributed by atoms with Crippen molar-refractivity contribution in [2.24, 2.45) is 11.8 Å². The summed E-state index contributed by atoms with van der Waals surface area (Å²) in [5, 5.41) is 20.9. The predicted octanol–water partition coefficient (Wildman–Crippen LogP) is 6.04. The van der Waals surface area contributed by atoms with Gasteiger partial charge in [-0.3, -0.25) is 0 Å². The molecule has 0 saturated heterocycles. The molecule has 4 nitrogen and oxygen atoms in total. The number of phenolic OH excluding ortho intramolecular Hbond substituents is 2. The van der Waals surface area contributed by atoms with E-state index in [1.54, 1.807) is 12.1 Å². The van der Waals surface area contributed by atoms with E-state index in [0.29, 0.717) is 29.3 Å². The van der Waals surface area contributed by atoms with E-state index in [0.717, 1.165) is 23.4 Å². The molecule has 1 heterocycles. The first-order valence-corrected chi connectivity index (χ1v) is 9.94. The van der Waals surface area contributed by atoms with Crippen molar-refractivity contribution in [3.63, 3.8) is 0 Å². The Bertz CT molecular complexity index is 842. The smallest absolute Gasteiger partial charge is 0.138 e. The highest BCUT2D eigenvalue weighted by molar-refractivity contribution is 5.79. The van der Waals surface area contributed by atoms with Crippen LogP contribution >= 0.6 is 0 Å². The molecule has 3 N–H and O–H groups in total. The van der Waals surface area contributed by atoms with Crippen LogP contribution in [0.5, 0.6) is 11.5 Å². The molecule has 0 spiro atoms. The molecular formula is C23H30N2O2. The molecule has 0 bridgehead atoms. The second kappa shape index (κ2) is 8.47. The lowest BCUT2D eigenvalue weighted by molar-refractivity contribution is 0.414. The number of fused-ring (bicyclic) bond motifs is 1. The summed E-state index contributed by atoms with van der Waals surface area (Å²) >= 11 is 0. The summed E-state index contributed by atoms with van der Waals surface area (Å²) < 4.78 is 0. The summed E-state index contributed by atoms with van der Waals surface area (Å²) in [5.41, 5.74) is 3.12. The number of nitrogens with zero attached hydrogens (tertiary/aromatic N) is 1. The number of benzene rings is 2. The first-order valence-electron chi connectivity index (χ1n) is 9.94. The van der Waals surface area contributed by atoms with Crippen molar-refractivity contribution < 1.29 is 10.2 Å². The Hall–Kier alpha value is -2.49. The number of aromatic nitrogens is 2. The lowest BCUT2D eigenvalue weighted by atomic mass is 9.93. The number of imidazole rings is 1. The van der Waals surface area contributed by atoms with Crippen LogP contribution in [-0.2, 0) is 6.42 Å². The van der Waals surface area contributed by atoms with Crippen molar-refractivity contribution in [2.45, 2.75) is 52.9 Å². The monoisotopic (exact) mass is 366 g/mol. The maximum atomic E-state index is 10.5. The zero-order valence-corrected chi connectivity index (χ0v) is 16.5. The zero-order chi connectivity index (χ0) is 19.4. The summed E-state index contributed by atoms with van der Waals surface area (Å²) in [6, 6.07) is 11.2. The Morgan fingerprint density at radius 1 is 0.963 bits per heavy atom. The molecule has 4 heteroatoms. The van der Waals surface area contributed by atoms with Crippen molar-refractivity contribution in [1.29, 1.82) is 0 Å². The molecule has 0 saturated carbocycles. The molecule has 1 atom stereocenters. The van der Waals surface area contributed by atoms with Crippen molar-refractivity contribution in [2.75, 3.05) is 0 Å². The molecule has 0 aliphatic carbocycles. The van der Waals surface area contributed by atoms with Crippen LogP contribution in [0.1, 0.15) is 52.0 Å². The van der Waals surface area contributed by atoms with Crippen molar-refractivity contribution in [3.05, 3.63) is 42.0 Å². The fourth-order valence-corrected chi connectivity index (χ4v) is 3.53. The lowest BCUT2D eigenvalue weighted by Gasteiger charge is -2.14. The Kier molecular flexibility index (Phi) is 6.04. The van der Waals surface area contributed by atoms with E-state index in [2.05, 4.69) is 30.7 Å². The zero-order valence-electron chi connectivity index (χ0n) is 16.5. The number of hydrogen-bond acceptors (Lipinski definition) is 3. The van der Waals surface area contributed by atoms with Gasteiger partial charge in [-0.1, -0.05) is 52.2 Å². The molecule has 3 rings (SSSR count). The van der Waals surface area contributed by atoms with Crippen LogP contribution in [0.25, 0.3) is 22.4 Å². The fraction of sp³-hybridized carbons (Fsp3) is 0.435. The summed E-state index contributed by atoms with van der Waals surface area (Å²) in [6.45, 7) is 6.76. The summed E-state index contributed by atoms with van der Waals surface area (Å²) in [6.07, 6.45) is 5.33. The minimum atomic E-state index is 0.139. The van der Waals surface area contributed by atoms with Gasteiger partial charge in [-0.05, 0) is 48.9 Å². The van der Waals surface area contributed by atoms with Gasteiger partial charge >= 0.3 is 0 Å². The Balaban J connectivity index is 1.69. The van der Waals surface area contributed by atoms with Crippen LogP contribution in [0.4, 0.5) is 0 Å². The van der Waals surface area contributed by atoms with Crippen LogP contribution in [0, 0.1) is 11.8 Å². The highest BCUT2D eigenvalue weighted by Crippen LogP contribution is 2.35. The Morgan fingerprint density at radius 3 is 2.33 bits per heavy atom. The van der Waals surface area contributed by atoms with E-state index in [1.807, 2.05) is 24.3 Å². The van der Waals surface area contributed by atoms with E-state index in [-0.39, 0.29) is 11.5 Å². The molecule has 27 heavy (non-hydrogen) atoms. The molecule has 0 radical (unpaired) electrons. The van der Waals surface area contributed by atoms with Gasteiger partial charge in [0.05, 0.1) is 11.0 Å². The van der Waals surface area contributed by atoms with Gasteiger partial charge in [0, 0.05) is 11.1 Å². The molecule has 0 amide bonds. The van der Waals surface area contributed by atoms with Crippen molar-refractivity contribution in [3.8, 4) is 22.9 Å². The van der Waals surface area contributed by atoms with Gasteiger partial charge in [0.25, 0.3) is 0 Å². The number of hydrogen-bond donors (Lipinski definition) is 3. The highest BCUT2D eigenvalue weighted by atomic mass is 16.3. The second-order valence-corrected chi connectivity index (χ2v) is 8.06. The third-order valence-electron chi connectivity index (χ3n) is 5.23. The van der Waals surface area contributed by atoms with Gasteiger partial charge < -0.3 is 15.2 Å². The average Bonchev–Trinajstić information content (AvgIpc) is 3.04. The van der Waals surface area contributed by atoms with Crippen molar-refractivity contribution >= 4 is 11.0 Å². The minimum Gasteiger partial charge on any atom is -0.508 e. The fourth-order valence-electron chi connectivity index (χ4n) is 3.53. The predicted molar refractivity (Wildman–Crippen MR) is 111 cm³/mol. The third-order valence-corrected chi connectivity index (χ3v) is 5.23. The second-order valence-electron chi connectivity index (χ2n) is 8.06. The number of para-hydroxylation sites is 2. The average molecular weight is 367 g/mol. The number of aromatic amines is 1.